The number of nitrogens with zero attached hydrogens (tertiary/aromatic N) is 2. The Morgan fingerprint density at radius 3 is 2.38 bits per heavy atom. The molecule has 32 heavy (non-hydrogen) atoms. The van der Waals surface area contributed by atoms with Crippen molar-refractivity contribution in [3.05, 3.63) is 93.0 Å². The van der Waals surface area contributed by atoms with Crippen molar-refractivity contribution in [1.29, 1.82) is 0 Å². The Kier molecular flexibility index (Phi) is 6.47. The maximum atomic E-state index is 13.5. The number of rotatable bonds is 5. The predicted octanol–water partition coefficient (Wildman–Crippen LogP) is 5.70. The molecule has 1 unspecified atom stereocenters. The van der Waals surface area contributed by atoms with Crippen molar-refractivity contribution in [2.24, 2.45) is 4.99 Å². The monoisotopic (exact) mass is 490 g/mol. The molecule has 1 atom stereocenters. The normalized spacial score (nSPS) is 15.9. The maximum absolute atomic E-state index is 13.5. The Hall–Kier alpha value is -2.92. The van der Waals surface area contributed by atoms with Gasteiger partial charge in [0, 0.05) is 29.1 Å². The number of benzene rings is 3. The molecule has 0 saturated heterocycles. The molecule has 0 aliphatic carbocycles. The Morgan fingerprint density at radius 2 is 1.69 bits per heavy atom. The molecule has 4 nitrogen and oxygen atoms in total. The second kappa shape index (κ2) is 9.29. The van der Waals surface area contributed by atoms with Gasteiger partial charge in [-0.05, 0) is 72.0 Å². The number of benzodiazepines with no additional fused rings is 1. The molecule has 0 spiro atoms. The van der Waals surface area contributed by atoms with Crippen LogP contribution in [-0.4, -0.2) is 29.8 Å². The third-order valence-corrected chi connectivity index (χ3v) is 6.57. The number of anilines is 1. The highest BCUT2D eigenvalue weighted by atomic mass is 79.9. The Balaban J connectivity index is 1.82. The van der Waals surface area contributed by atoms with E-state index in [0.717, 1.165) is 45.4 Å². The third kappa shape index (κ3) is 4.35. The SMILES string of the molecule is CCc1ccc(CC2N=C(c3ccc(O)cc3)c3cc(Br)ccc3N(C)C2=O)cc1CC. The first-order chi connectivity index (χ1) is 15.4. The average molecular weight is 491 g/mol. The van der Waals surface area contributed by atoms with Gasteiger partial charge in [-0.2, -0.15) is 0 Å². The lowest BCUT2D eigenvalue weighted by Gasteiger charge is -2.21. The van der Waals surface area contributed by atoms with E-state index in [1.807, 2.05) is 37.4 Å². The van der Waals surface area contributed by atoms with Gasteiger partial charge in [-0.15, -0.1) is 0 Å². The van der Waals surface area contributed by atoms with E-state index in [2.05, 4.69) is 48.0 Å². The molecule has 0 fully saturated rings. The average Bonchev–Trinajstić information content (AvgIpc) is 2.90. The van der Waals surface area contributed by atoms with Crippen LogP contribution < -0.4 is 4.90 Å². The largest absolute Gasteiger partial charge is 0.508 e. The van der Waals surface area contributed by atoms with Crippen LogP contribution in [0.25, 0.3) is 0 Å². The third-order valence-electron chi connectivity index (χ3n) is 6.08. The zero-order chi connectivity index (χ0) is 22.8. The minimum absolute atomic E-state index is 0.0278. The van der Waals surface area contributed by atoms with E-state index >= 15 is 0 Å². The summed E-state index contributed by atoms with van der Waals surface area (Å²) in [5.41, 5.74) is 7.13. The summed E-state index contributed by atoms with van der Waals surface area (Å²) in [5, 5.41) is 9.76. The molecule has 3 aromatic carbocycles. The number of phenolic OH excluding ortho intramolecular Hbond substituents is 1. The van der Waals surface area contributed by atoms with E-state index in [9.17, 15) is 9.90 Å². The number of halogens is 1. The molecule has 0 radical (unpaired) electrons. The van der Waals surface area contributed by atoms with Crippen LogP contribution in [-0.2, 0) is 24.1 Å². The highest BCUT2D eigenvalue weighted by Crippen LogP contribution is 2.31. The maximum Gasteiger partial charge on any atom is 0.251 e. The van der Waals surface area contributed by atoms with Gasteiger partial charge in [0.2, 0.25) is 0 Å². The van der Waals surface area contributed by atoms with E-state index in [1.54, 1.807) is 17.0 Å². The summed E-state index contributed by atoms with van der Waals surface area (Å²) >= 11 is 3.56. The first kappa shape index (κ1) is 22.3. The molecule has 0 bridgehead atoms. The molecule has 0 aromatic heterocycles. The lowest BCUT2D eigenvalue weighted by molar-refractivity contribution is -0.119. The number of carbonyl (C=O) groups is 1. The van der Waals surface area contributed by atoms with Crippen LogP contribution in [0.2, 0.25) is 0 Å². The topological polar surface area (TPSA) is 52.9 Å². The van der Waals surface area contributed by atoms with Gasteiger partial charge in [0.1, 0.15) is 11.8 Å². The minimum atomic E-state index is -0.535. The van der Waals surface area contributed by atoms with Gasteiger partial charge in [0.25, 0.3) is 5.91 Å². The van der Waals surface area contributed by atoms with Crippen molar-refractivity contribution in [2.75, 3.05) is 11.9 Å². The number of aliphatic imine (C=N–C) groups is 1. The van der Waals surface area contributed by atoms with Crippen LogP contribution in [0.15, 0.2) is 70.1 Å². The number of aryl methyl sites for hydroxylation is 2. The molecular formula is C27H27BrN2O2. The van der Waals surface area contributed by atoms with Crippen LogP contribution in [0, 0.1) is 0 Å². The number of hydrogen-bond donors (Lipinski definition) is 1. The first-order valence-corrected chi connectivity index (χ1v) is 11.8. The van der Waals surface area contributed by atoms with Gasteiger partial charge in [-0.25, -0.2) is 0 Å². The second-order valence-corrected chi connectivity index (χ2v) is 9.03. The van der Waals surface area contributed by atoms with Crippen LogP contribution in [0.3, 0.4) is 0 Å². The fourth-order valence-corrected chi connectivity index (χ4v) is 4.66. The van der Waals surface area contributed by atoms with Crippen LogP contribution in [0.4, 0.5) is 5.69 Å². The quantitative estimate of drug-likeness (QED) is 0.498. The Morgan fingerprint density at radius 1 is 0.969 bits per heavy atom. The van der Waals surface area contributed by atoms with Crippen LogP contribution in [0.1, 0.15) is 41.7 Å². The van der Waals surface area contributed by atoms with Gasteiger partial charge >= 0.3 is 0 Å². The van der Waals surface area contributed by atoms with Gasteiger partial charge in [0.15, 0.2) is 0 Å². The molecule has 4 rings (SSSR count). The lowest BCUT2D eigenvalue weighted by Crippen LogP contribution is -2.36. The van der Waals surface area contributed by atoms with E-state index in [-0.39, 0.29) is 11.7 Å². The predicted molar refractivity (Wildman–Crippen MR) is 134 cm³/mol. The molecule has 1 aliphatic rings. The number of phenols is 1. The van der Waals surface area contributed by atoms with Crippen molar-refractivity contribution >= 4 is 33.2 Å². The van der Waals surface area contributed by atoms with Crippen molar-refractivity contribution < 1.29 is 9.90 Å². The number of amides is 1. The molecule has 1 heterocycles. The van der Waals surface area contributed by atoms with Gasteiger partial charge in [-0.3, -0.25) is 9.79 Å². The summed E-state index contributed by atoms with van der Waals surface area (Å²) in [5.74, 6) is 0.172. The number of hydrogen-bond acceptors (Lipinski definition) is 3. The molecule has 5 heteroatoms. The molecule has 1 amide bonds. The first-order valence-electron chi connectivity index (χ1n) is 11.0. The van der Waals surface area contributed by atoms with E-state index in [4.69, 9.17) is 4.99 Å². The summed E-state index contributed by atoms with van der Waals surface area (Å²) in [4.78, 5) is 20.2. The number of likely N-dealkylation sites (N-methyl/N-ethyl adjacent to an activating group) is 1. The molecule has 1 N–H and O–H groups in total. The standard InChI is InChI=1S/C27H27BrN2O2/c1-4-18-7-6-17(14-19(18)5-2)15-24-27(32)30(3)25-13-10-21(28)16-23(25)26(29-24)20-8-11-22(31)12-9-20/h6-14,16,24,31H,4-5,15H2,1-3H3. The summed E-state index contributed by atoms with van der Waals surface area (Å²) in [6, 6.07) is 18.9. The van der Waals surface area contributed by atoms with Crippen molar-refractivity contribution in [3.63, 3.8) is 0 Å². The Bertz CT molecular complexity index is 1180. The van der Waals surface area contributed by atoms with Crippen molar-refractivity contribution in [1.82, 2.24) is 0 Å². The van der Waals surface area contributed by atoms with Crippen molar-refractivity contribution in [2.45, 2.75) is 39.2 Å². The fraction of sp³-hybridized carbons (Fsp3) is 0.259. The van der Waals surface area contributed by atoms with Gasteiger partial charge in [0.05, 0.1) is 11.4 Å². The number of fused-ring (bicyclic) bond motifs is 1. The summed E-state index contributed by atoms with van der Waals surface area (Å²) < 4.78 is 0.921. The lowest BCUT2D eigenvalue weighted by atomic mass is 9.96. The smallest absolute Gasteiger partial charge is 0.251 e. The molecule has 1 aliphatic heterocycles. The molecule has 164 valence electrons. The summed E-state index contributed by atoms with van der Waals surface area (Å²) in [6.45, 7) is 4.33. The fourth-order valence-electron chi connectivity index (χ4n) is 4.30. The Labute approximate surface area is 197 Å². The second-order valence-electron chi connectivity index (χ2n) is 8.11. The van der Waals surface area contributed by atoms with E-state index in [1.165, 1.54) is 11.1 Å². The summed E-state index contributed by atoms with van der Waals surface area (Å²) in [6.07, 6.45) is 2.51. The van der Waals surface area contributed by atoms with Crippen LogP contribution >= 0.6 is 15.9 Å². The van der Waals surface area contributed by atoms with Crippen molar-refractivity contribution in [3.8, 4) is 5.75 Å². The molecule has 0 saturated carbocycles. The highest BCUT2D eigenvalue weighted by Gasteiger charge is 2.30. The number of aromatic hydroxyl groups is 1. The van der Waals surface area contributed by atoms with Gasteiger partial charge in [-0.1, -0.05) is 48.0 Å². The zero-order valence-corrected chi connectivity index (χ0v) is 20.2. The minimum Gasteiger partial charge on any atom is -0.508 e. The summed E-state index contributed by atoms with van der Waals surface area (Å²) in [7, 11) is 1.81. The van der Waals surface area contributed by atoms with Gasteiger partial charge < -0.3 is 10.0 Å². The zero-order valence-electron chi connectivity index (χ0n) is 18.6. The van der Waals surface area contributed by atoms with E-state index in [0.29, 0.717) is 6.42 Å². The molecule has 3 aromatic rings. The molecular weight excluding hydrogens is 464 g/mol. The van der Waals surface area contributed by atoms with Crippen LogP contribution in [0.5, 0.6) is 5.75 Å². The number of carbonyl (C=O) groups excluding carboxylic acids is 1. The van der Waals surface area contributed by atoms with E-state index < -0.39 is 6.04 Å². The highest BCUT2D eigenvalue weighted by molar-refractivity contribution is 9.10.